The van der Waals surface area contributed by atoms with Crippen molar-refractivity contribution in [2.75, 3.05) is 18.0 Å². The minimum Gasteiger partial charge on any atom is -0.368 e. The van der Waals surface area contributed by atoms with Crippen LogP contribution in [-0.4, -0.2) is 24.1 Å². The van der Waals surface area contributed by atoms with E-state index < -0.39 is 0 Å². The zero-order valence-electron chi connectivity index (χ0n) is 10.9. The Morgan fingerprint density at radius 2 is 2.35 bits per heavy atom. The Kier molecular flexibility index (Phi) is 4.37. The van der Waals surface area contributed by atoms with Gasteiger partial charge in [0.05, 0.1) is 0 Å². The average Bonchev–Trinajstić information content (AvgIpc) is 2.37. The zero-order valence-corrected chi connectivity index (χ0v) is 10.9. The zero-order chi connectivity index (χ0) is 12.1. The predicted octanol–water partition coefficient (Wildman–Crippen LogP) is 2.57. The molecule has 1 aromatic rings. The van der Waals surface area contributed by atoms with E-state index in [1.165, 1.54) is 37.1 Å². The number of anilines is 1. The SMILES string of the molecule is CCNCc1cnccc1N1CCCCC1C. The molecule has 0 bridgehead atoms. The predicted molar refractivity (Wildman–Crippen MR) is 72.3 cm³/mol. The molecule has 3 nitrogen and oxygen atoms in total. The molecule has 3 heteroatoms. The molecule has 0 saturated carbocycles. The number of rotatable bonds is 4. The summed E-state index contributed by atoms with van der Waals surface area (Å²) in [5, 5.41) is 3.39. The van der Waals surface area contributed by atoms with Crippen LogP contribution in [0.25, 0.3) is 0 Å². The summed E-state index contributed by atoms with van der Waals surface area (Å²) in [4.78, 5) is 6.79. The highest BCUT2D eigenvalue weighted by Gasteiger charge is 2.20. The van der Waals surface area contributed by atoms with Crippen molar-refractivity contribution in [1.82, 2.24) is 10.3 Å². The van der Waals surface area contributed by atoms with Crippen molar-refractivity contribution in [3.8, 4) is 0 Å². The second-order valence-corrected chi connectivity index (χ2v) is 4.82. The molecule has 1 unspecified atom stereocenters. The van der Waals surface area contributed by atoms with E-state index in [-0.39, 0.29) is 0 Å². The van der Waals surface area contributed by atoms with Crippen molar-refractivity contribution < 1.29 is 0 Å². The normalized spacial score (nSPS) is 20.6. The van der Waals surface area contributed by atoms with Gasteiger partial charge in [-0.25, -0.2) is 0 Å². The standard InChI is InChI=1S/C14H23N3/c1-3-15-10-13-11-16-8-7-14(13)17-9-5-4-6-12(17)2/h7-8,11-12,15H,3-6,9-10H2,1-2H3. The summed E-state index contributed by atoms with van der Waals surface area (Å²) in [5.74, 6) is 0. The van der Waals surface area contributed by atoms with Crippen LogP contribution < -0.4 is 10.2 Å². The third-order valence-electron chi connectivity index (χ3n) is 3.56. The fourth-order valence-electron chi connectivity index (χ4n) is 2.55. The summed E-state index contributed by atoms with van der Waals surface area (Å²) < 4.78 is 0. The van der Waals surface area contributed by atoms with E-state index in [1.807, 2.05) is 12.4 Å². The number of hydrogen-bond donors (Lipinski definition) is 1. The van der Waals surface area contributed by atoms with Gasteiger partial charge in [-0.05, 0) is 38.8 Å². The maximum Gasteiger partial charge on any atom is 0.0445 e. The summed E-state index contributed by atoms with van der Waals surface area (Å²) in [6.07, 6.45) is 7.90. The largest absolute Gasteiger partial charge is 0.368 e. The molecule has 0 spiro atoms. The Balaban J connectivity index is 2.17. The molecule has 1 aliphatic rings. The first-order valence-corrected chi connectivity index (χ1v) is 6.73. The molecule has 94 valence electrons. The molecule has 0 amide bonds. The van der Waals surface area contributed by atoms with Crippen LogP contribution in [0.15, 0.2) is 18.5 Å². The summed E-state index contributed by atoms with van der Waals surface area (Å²) in [6, 6.07) is 2.82. The lowest BCUT2D eigenvalue weighted by Gasteiger charge is -2.36. The van der Waals surface area contributed by atoms with Crippen LogP contribution in [0, 0.1) is 0 Å². The van der Waals surface area contributed by atoms with Gasteiger partial charge in [0.25, 0.3) is 0 Å². The van der Waals surface area contributed by atoms with E-state index in [1.54, 1.807) is 0 Å². The second kappa shape index (κ2) is 6.01. The van der Waals surface area contributed by atoms with Crippen LogP contribution in [0.4, 0.5) is 5.69 Å². The van der Waals surface area contributed by atoms with Gasteiger partial charge in [0.15, 0.2) is 0 Å². The number of hydrogen-bond acceptors (Lipinski definition) is 3. The Morgan fingerprint density at radius 3 is 3.12 bits per heavy atom. The van der Waals surface area contributed by atoms with E-state index >= 15 is 0 Å². The molecule has 17 heavy (non-hydrogen) atoms. The van der Waals surface area contributed by atoms with Crippen LogP contribution in [0.5, 0.6) is 0 Å². The molecule has 1 aromatic heterocycles. The van der Waals surface area contributed by atoms with E-state index in [4.69, 9.17) is 0 Å². The van der Waals surface area contributed by atoms with Gasteiger partial charge in [0, 0.05) is 42.8 Å². The minimum absolute atomic E-state index is 0.659. The molecule has 1 N–H and O–H groups in total. The van der Waals surface area contributed by atoms with Crippen molar-refractivity contribution in [3.63, 3.8) is 0 Å². The lowest BCUT2D eigenvalue weighted by molar-refractivity contribution is 0.483. The quantitative estimate of drug-likeness (QED) is 0.866. The lowest BCUT2D eigenvalue weighted by atomic mass is 10.0. The van der Waals surface area contributed by atoms with Crippen molar-refractivity contribution in [2.24, 2.45) is 0 Å². The maximum atomic E-state index is 4.25. The van der Waals surface area contributed by atoms with Crippen LogP contribution in [0.3, 0.4) is 0 Å². The molecule has 0 radical (unpaired) electrons. The Labute approximate surface area is 104 Å². The first-order valence-electron chi connectivity index (χ1n) is 6.73. The first-order chi connectivity index (χ1) is 8.33. The molecule has 0 aliphatic carbocycles. The fourth-order valence-corrected chi connectivity index (χ4v) is 2.55. The highest BCUT2D eigenvalue weighted by molar-refractivity contribution is 5.53. The molecular weight excluding hydrogens is 210 g/mol. The number of pyridine rings is 1. The number of nitrogens with zero attached hydrogens (tertiary/aromatic N) is 2. The molecule has 0 aromatic carbocycles. The Bertz CT molecular complexity index is 351. The number of aromatic nitrogens is 1. The number of piperidine rings is 1. The Morgan fingerprint density at radius 1 is 1.47 bits per heavy atom. The molecule has 2 heterocycles. The summed E-state index contributed by atoms with van der Waals surface area (Å²) in [5.41, 5.74) is 2.69. The van der Waals surface area contributed by atoms with Gasteiger partial charge in [-0.15, -0.1) is 0 Å². The average molecular weight is 233 g/mol. The van der Waals surface area contributed by atoms with Gasteiger partial charge in [0.1, 0.15) is 0 Å². The van der Waals surface area contributed by atoms with Gasteiger partial charge in [-0.2, -0.15) is 0 Å². The van der Waals surface area contributed by atoms with E-state index in [2.05, 4.69) is 35.1 Å². The van der Waals surface area contributed by atoms with Gasteiger partial charge >= 0.3 is 0 Å². The molecule has 2 rings (SSSR count). The van der Waals surface area contributed by atoms with Crippen molar-refractivity contribution in [1.29, 1.82) is 0 Å². The van der Waals surface area contributed by atoms with Gasteiger partial charge < -0.3 is 10.2 Å². The molecule has 1 fully saturated rings. The van der Waals surface area contributed by atoms with Crippen molar-refractivity contribution >= 4 is 5.69 Å². The Hall–Kier alpha value is -1.09. The van der Waals surface area contributed by atoms with Gasteiger partial charge in [-0.1, -0.05) is 6.92 Å². The van der Waals surface area contributed by atoms with Crippen LogP contribution in [-0.2, 0) is 6.54 Å². The first kappa shape index (κ1) is 12.4. The maximum absolute atomic E-state index is 4.25. The molecule has 1 saturated heterocycles. The van der Waals surface area contributed by atoms with Gasteiger partial charge in [-0.3, -0.25) is 4.98 Å². The minimum atomic E-state index is 0.659. The lowest BCUT2D eigenvalue weighted by Crippen LogP contribution is -2.38. The summed E-state index contributed by atoms with van der Waals surface area (Å²) in [6.45, 7) is 7.58. The smallest absolute Gasteiger partial charge is 0.0445 e. The monoisotopic (exact) mass is 233 g/mol. The number of nitrogens with one attached hydrogen (secondary N) is 1. The molecule has 1 aliphatic heterocycles. The van der Waals surface area contributed by atoms with Gasteiger partial charge in [0.2, 0.25) is 0 Å². The second-order valence-electron chi connectivity index (χ2n) is 4.82. The van der Waals surface area contributed by atoms with Crippen LogP contribution >= 0.6 is 0 Å². The highest BCUT2D eigenvalue weighted by atomic mass is 15.2. The highest BCUT2D eigenvalue weighted by Crippen LogP contribution is 2.27. The molecule has 1 atom stereocenters. The third-order valence-corrected chi connectivity index (χ3v) is 3.56. The van der Waals surface area contributed by atoms with Crippen molar-refractivity contribution in [2.45, 2.75) is 45.7 Å². The summed E-state index contributed by atoms with van der Waals surface area (Å²) in [7, 11) is 0. The van der Waals surface area contributed by atoms with Crippen LogP contribution in [0.1, 0.15) is 38.7 Å². The van der Waals surface area contributed by atoms with E-state index in [0.717, 1.165) is 13.1 Å². The summed E-state index contributed by atoms with van der Waals surface area (Å²) >= 11 is 0. The van der Waals surface area contributed by atoms with E-state index in [0.29, 0.717) is 6.04 Å². The van der Waals surface area contributed by atoms with E-state index in [9.17, 15) is 0 Å². The van der Waals surface area contributed by atoms with Crippen LogP contribution in [0.2, 0.25) is 0 Å². The topological polar surface area (TPSA) is 28.2 Å². The molecular formula is C14H23N3. The fraction of sp³-hybridized carbons (Fsp3) is 0.643. The third kappa shape index (κ3) is 2.97. The van der Waals surface area contributed by atoms with Crippen molar-refractivity contribution in [3.05, 3.63) is 24.0 Å².